The van der Waals surface area contributed by atoms with Crippen LogP contribution >= 0.6 is 0 Å². The molecule has 0 bridgehead atoms. The maximum absolute atomic E-state index is 12.1. The van der Waals surface area contributed by atoms with Crippen molar-refractivity contribution in [1.29, 1.82) is 0 Å². The first-order valence-corrected chi connectivity index (χ1v) is 6.49. The van der Waals surface area contributed by atoms with E-state index in [0.29, 0.717) is 0 Å². The third-order valence-corrected chi connectivity index (χ3v) is 3.15. The van der Waals surface area contributed by atoms with Gasteiger partial charge in [-0.1, -0.05) is 12.1 Å². The zero-order chi connectivity index (χ0) is 14.5. The third kappa shape index (κ3) is 3.15. The van der Waals surface area contributed by atoms with Gasteiger partial charge in [-0.2, -0.15) is 0 Å². The average Bonchev–Trinajstić information content (AvgIpc) is 2.88. The van der Waals surface area contributed by atoms with Crippen LogP contribution in [0.15, 0.2) is 30.6 Å². The van der Waals surface area contributed by atoms with E-state index in [1.54, 1.807) is 13.3 Å². The van der Waals surface area contributed by atoms with Crippen molar-refractivity contribution in [2.45, 2.75) is 19.1 Å². The van der Waals surface area contributed by atoms with Crippen molar-refractivity contribution < 1.29 is 14.6 Å². The van der Waals surface area contributed by atoms with E-state index in [1.807, 2.05) is 28.8 Å². The minimum absolute atomic E-state index is 0.164. The summed E-state index contributed by atoms with van der Waals surface area (Å²) in [7, 11) is 1.51. The van der Waals surface area contributed by atoms with Gasteiger partial charge in [-0.25, -0.2) is 4.98 Å². The molecule has 20 heavy (non-hydrogen) atoms. The van der Waals surface area contributed by atoms with Crippen LogP contribution in [0, 0.1) is 0 Å². The molecule has 6 heteroatoms. The smallest absolute Gasteiger partial charge is 0.242 e. The van der Waals surface area contributed by atoms with Crippen molar-refractivity contribution in [3.63, 3.8) is 0 Å². The topological polar surface area (TPSA) is 76.4 Å². The first-order valence-electron chi connectivity index (χ1n) is 6.49. The number of fused-ring (bicyclic) bond motifs is 1. The zero-order valence-electron chi connectivity index (χ0n) is 11.6. The number of aliphatic hydroxyl groups is 1. The van der Waals surface area contributed by atoms with Crippen molar-refractivity contribution in [3.8, 4) is 0 Å². The van der Waals surface area contributed by atoms with E-state index >= 15 is 0 Å². The molecule has 0 aliphatic heterocycles. The molecule has 0 spiro atoms. The fourth-order valence-corrected chi connectivity index (χ4v) is 2.03. The van der Waals surface area contributed by atoms with Gasteiger partial charge >= 0.3 is 0 Å². The van der Waals surface area contributed by atoms with Crippen molar-refractivity contribution >= 4 is 16.9 Å². The number of methoxy groups -OCH3 is 1. The van der Waals surface area contributed by atoms with Gasteiger partial charge in [-0.15, -0.1) is 0 Å². The summed E-state index contributed by atoms with van der Waals surface area (Å²) in [5.41, 5.74) is 1.76. The van der Waals surface area contributed by atoms with Gasteiger partial charge in [0.25, 0.3) is 0 Å². The molecule has 0 aliphatic carbocycles. The molecule has 1 aromatic carbocycles. The lowest BCUT2D eigenvalue weighted by Crippen LogP contribution is -2.37. The maximum Gasteiger partial charge on any atom is 0.242 e. The number of nitrogens with zero attached hydrogens (tertiary/aromatic N) is 2. The van der Waals surface area contributed by atoms with Gasteiger partial charge in [-0.05, 0) is 19.1 Å². The summed E-state index contributed by atoms with van der Waals surface area (Å²) in [6.07, 6.45) is 0.955. The number of carbonyl (C=O) groups excluding carboxylic acids is 1. The van der Waals surface area contributed by atoms with Gasteiger partial charge in [0.05, 0.1) is 30.1 Å². The minimum atomic E-state index is -0.698. The molecule has 2 unspecified atom stereocenters. The van der Waals surface area contributed by atoms with Crippen LogP contribution in [-0.4, -0.2) is 46.9 Å². The van der Waals surface area contributed by atoms with E-state index in [0.717, 1.165) is 11.0 Å². The molecule has 0 radical (unpaired) electrons. The molecule has 2 atom stereocenters. The number of ether oxygens (including phenoxy) is 1. The number of rotatable bonds is 6. The summed E-state index contributed by atoms with van der Waals surface area (Å²) in [5, 5.41) is 12.2. The molecule has 6 nitrogen and oxygen atoms in total. The highest BCUT2D eigenvalue weighted by Crippen LogP contribution is 2.17. The van der Waals surface area contributed by atoms with E-state index < -0.39 is 12.1 Å². The Balaban J connectivity index is 2.03. The van der Waals surface area contributed by atoms with E-state index in [2.05, 4.69) is 10.3 Å². The monoisotopic (exact) mass is 277 g/mol. The Kier molecular flexibility index (Phi) is 4.70. The van der Waals surface area contributed by atoms with E-state index in [-0.39, 0.29) is 19.1 Å². The van der Waals surface area contributed by atoms with Gasteiger partial charge in [0.2, 0.25) is 5.91 Å². The Morgan fingerprint density at radius 1 is 1.50 bits per heavy atom. The highest BCUT2D eigenvalue weighted by atomic mass is 16.5. The summed E-state index contributed by atoms with van der Waals surface area (Å²) in [5.74, 6) is -0.164. The lowest BCUT2D eigenvalue weighted by molar-refractivity contribution is -0.124. The molecule has 1 heterocycles. The number of benzene rings is 1. The Labute approximate surface area is 117 Å². The minimum Gasteiger partial charge on any atom is -0.389 e. The SMILES string of the molecule is COCC(O)CNC(=O)C(C)n1cnc2ccccc21. The Hall–Kier alpha value is -1.92. The fourth-order valence-electron chi connectivity index (χ4n) is 2.03. The van der Waals surface area contributed by atoms with Crippen LogP contribution < -0.4 is 5.32 Å². The predicted octanol–water partition coefficient (Wildman–Crippen LogP) is 0.721. The third-order valence-electron chi connectivity index (χ3n) is 3.15. The molecule has 0 fully saturated rings. The fraction of sp³-hybridized carbons (Fsp3) is 0.429. The molecule has 0 saturated heterocycles. The van der Waals surface area contributed by atoms with Gasteiger partial charge in [0.15, 0.2) is 0 Å². The molecule has 2 rings (SSSR count). The van der Waals surface area contributed by atoms with Crippen LogP contribution in [0.3, 0.4) is 0 Å². The molecular weight excluding hydrogens is 258 g/mol. The van der Waals surface area contributed by atoms with E-state index in [4.69, 9.17) is 4.74 Å². The summed E-state index contributed by atoms with van der Waals surface area (Å²) in [6.45, 7) is 2.17. The maximum atomic E-state index is 12.1. The van der Waals surface area contributed by atoms with Gasteiger partial charge in [0, 0.05) is 13.7 Å². The number of amides is 1. The van der Waals surface area contributed by atoms with Gasteiger partial charge in [-0.3, -0.25) is 4.79 Å². The Bertz CT molecular complexity index is 582. The summed E-state index contributed by atoms with van der Waals surface area (Å²) in [6, 6.07) is 7.25. The molecule has 0 saturated carbocycles. The van der Waals surface area contributed by atoms with Crippen molar-refractivity contribution in [2.75, 3.05) is 20.3 Å². The van der Waals surface area contributed by atoms with Crippen molar-refractivity contribution in [3.05, 3.63) is 30.6 Å². The summed E-state index contributed by atoms with van der Waals surface area (Å²) in [4.78, 5) is 16.3. The normalized spacial score (nSPS) is 14.2. The first-order chi connectivity index (χ1) is 9.63. The number of imidazole rings is 1. The zero-order valence-corrected chi connectivity index (χ0v) is 11.6. The largest absolute Gasteiger partial charge is 0.389 e. The molecule has 0 aliphatic rings. The molecule has 108 valence electrons. The lowest BCUT2D eigenvalue weighted by atomic mass is 10.2. The predicted molar refractivity (Wildman–Crippen MR) is 75.3 cm³/mol. The Morgan fingerprint density at radius 3 is 3.00 bits per heavy atom. The standard InChI is InChI=1S/C14H19N3O3/c1-10(14(19)15-7-11(18)8-20-2)17-9-16-12-5-3-4-6-13(12)17/h3-6,9-11,18H,7-8H2,1-2H3,(H,15,19). The van der Waals surface area contributed by atoms with Crippen LogP contribution in [0.2, 0.25) is 0 Å². The van der Waals surface area contributed by atoms with Crippen LogP contribution in [0.4, 0.5) is 0 Å². The highest BCUT2D eigenvalue weighted by molar-refractivity contribution is 5.83. The summed E-state index contributed by atoms with van der Waals surface area (Å²) < 4.78 is 6.62. The molecule has 2 N–H and O–H groups in total. The second-order valence-corrected chi connectivity index (χ2v) is 4.67. The number of hydrogen-bond donors (Lipinski definition) is 2. The van der Waals surface area contributed by atoms with Crippen LogP contribution in [-0.2, 0) is 9.53 Å². The number of aliphatic hydroxyl groups excluding tert-OH is 1. The number of nitrogens with one attached hydrogen (secondary N) is 1. The van der Waals surface area contributed by atoms with Crippen LogP contribution in [0.1, 0.15) is 13.0 Å². The van der Waals surface area contributed by atoms with Crippen molar-refractivity contribution in [1.82, 2.24) is 14.9 Å². The van der Waals surface area contributed by atoms with Crippen LogP contribution in [0.5, 0.6) is 0 Å². The second-order valence-electron chi connectivity index (χ2n) is 4.67. The molecule has 2 aromatic rings. The quantitative estimate of drug-likeness (QED) is 0.815. The van der Waals surface area contributed by atoms with E-state index in [9.17, 15) is 9.90 Å². The molecule has 1 amide bonds. The number of aromatic nitrogens is 2. The molecule has 1 aromatic heterocycles. The number of hydrogen-bond acceptors (Lipinski definition) is 4. The van der Waals surface area contributed by atoms with Gasteiger partial charge < -0.3 is 19.7 Å². The number of carbonyl (C=O) groups is 1. The Morgan fingerprint density at radius 2 is 2.25 bits per heavy atom. The van der Waals surface area contributed by atoms with Gasteiger partial charge in [0.1, 0.15) is 6.04 Å². The first kappa shape index (κ1) is 14.5. The molecular formula is C14H19N3O3. The van der Waals surface area contributed by atoms with Crippen molar-refractivity contribution in [2.24, 2.45) is 0 Å². The summed E-state index contributed by atoms with van der Waals surface area (Å²) >= 11 is 0. The second kappa shape index (κ2) is 6.49. The highest BCUT2D eigenvalue weighted by Gasteiger charge is 2.17. The van der Waals surface area contributed by atoms with E-state index in [1.165, 1.54) is 7.11 Å². The lowest BCUT2D eigenvalue weighted by Gasteiger charge is -2.16. The van der Waals surface area contributed by atoms with Crippen LogP contribution in [0.25, 0.3) is 11.0 Å². The number of para-hydroxylation sites is 2. The average molecular weight is 277 g/mol.